The molecule has 0 aliphatic rings. The molecule has 0 atom stereocenters. The molecule has 0 fully saturated rings. The van der Waals surface area contributed by atoms with Crippen LogP contribution in [0.4, 0.5) is 30.2 Å². The van der Waals surface area contributed by atoms with Crippen molar-refractivity contribution in [2.75, 3.05) is 123 Å². The van der Waals surface area contributed by atoms with Gasteiger partial charge in [0, 0.05) is 17.9 Å². The highest BCUT2D eigenvalue weighted by Gasteiger charge is 2.30. The number of anilines is 3. The molecule has 57 heavy (non-hydrogen) atoms. The maximum atomic E-state index is 13.1. The molecule has 3 aromatic rings. The molecule has 3 rings (SSSR count). The van der Waals surface area contributed by atoms with Crippen molar-refractivity contribution in [2.24, 2.45) is 0 Å². The topological polar surface area (TPSA) is 141 Å². The summed E-state index contributed by atoms with van der Waals surface area (Å²) in [4.78, 5) is 24.7. The number of nitrogens with one attached hydrogen (secondary N) is 2. The number of unbranched alkanes of at least 4 members (excludes halogenated alkanes) is 1. The first-order chi connectivity index (χ1) is 27.8. The molecule has 0 saturated carbocycles. The third-order valence-electron chi connectivity index (χ3n) is 7.75. The quantitative estimate of drug-likeness (QED) is 0.0506. The molecule has 316 valence electrons. The Hall–Kier alpha value is -4.29. The van der Waals surface area contributed by atoms with Crippen LogP contribution in [-0.4, -0.2) is 124 Å². The zero-order chi connectivity index (χ0) is 40.8. The number of esters is 2. The number of benzene rings is 3. The van der Waals surface area contributed by atoms with Crippen LogP contribution >= 0.6 is 0 Å². The van der Waals surface area contributed by atoms with Crippen molar-refractivity contribution >= 4 is 29.0 Å². The normalized spacial score (nSPS) is 11.4. The second-order valence-corrected chi connectivity index (χ2v) is 12.2. The molecule has 0 spiro atoms. The smallest absolute Gasteiger partial charge is 0.416 e. The van der Waals surface area contributed by atoms with Gasteiger partial charge in [0.25, 0.3) is 0 Å². The zero-order valence-electron chi connectivity index (χ0n) is 32.5. The van der Waals surface area contributed by atoms with Gasteiger partial charge in [-0.25, -0.2) is 9.59 Å². The van der Waals surface area contributed by atoms with Gasteiger partial charge in [0.05, 0.1) is 115 Å². The standard InChI is InChI=1S/C41H55F3N2O11/c1-2-3-15-45-35-13-11-33(12-14-35)39(47)56-30-28-54-26-24-52-22-20-50-18-16-49-17-19-51-21-23-53-25-27-55-29-31-57-40(48)37-9-4-5-10-38(37)46-36-8-6-7-34(32-36)41(42,43)44/h4-14,32,45-46H,2-3,15-31H2,1H3. The molecule has 0 radical (unpaired) electrons. The monoisotopic (exact) mass is 808 g/mol. The van der Waals surface area contributed by atoms with Gasteiger partial charge >= 0.3 is 18.1 Å². The van der Waals surface area contributed by atoms with Crippen molar-refractivity contribution in [1.82, 2.24) is 0 Å². The second-order valence-electron chi connectivity index (χ2n) is 12.2. The van der Waals surface area contributed by atoms with E-state index in [-0.39, 0.29) is 43.6 Å². The van der Waals surface area contributed by atoms with Gasteiger partial charge in [0.1, 0.15) is 13.2 Å². The molecule has 0 amide bonds. The third-order valence-corrected chi connectivity index (χ3v) is 7.75. The van der Waals surface area contributed by atoms with Crippen LogP contribution in [0, 0.1) is 0 Å². The lowest BCUT2D eigenvalue weighted by Crippen LogP contribution is -2.16. The van der Waals surface area contributed by atoms with Crippen molar-refractivity contribution in [3.05, 3.63) is 89.5 Å². The molecule has 0 aliphatic heterocycles. The van der Waals surface area contributed by atoms with Gasteiger partial charge in [-0.1, -0.05) is 31.5 Å². The Balaban J connectivity index is 1.03. The number of ether oxygens (including phenoxy) is 9. The molecule has 0 saturated heterocycles. The highest BCUT2D eigenvalue weighted by molar-refractivity contribution is 5.96. The number of carbonyl (C=O) groups is 2. The van der Waals surface area contributed by atoms with Gasteiger partial charge in [0.15, 0.2) is 0 Å². The third kappa shape index (κ3) is 21.2. The van der Waals surface area contributed by atoms with Crippen LogP contribution in [0.5, 0.6) is 0 Å². The fourth-order valence-electron chi connectivity index (χ4n) is 4.80. The van der Waals surface area contributed by atoms with Gasteiger partial charge in [-0.2, -0.15) is 13.2 Å². The number of carbonyl (C=O) groups excluding carboxylic acids is 2. The Labute approximate surface area is 332 Å². The molecule has 13 nitrogen and oxygen atoms in total. The predicted molar refractivity (Wildman–Crippen MR) is 207 cm³/mol. The van der Waals surface area contributed by atoms with Crippen LogP contribution in [0.15, 0.2) is 72.8 Å². The van der Waals surface area contributed by atoms with E-state index in [2.05, 4.69) is 17.6 Å². The summed E-state index contributed by atoms with van der Waals surface area (Å²) < 4.78 is 87.9. The van der Waals surface area contributed by atoms with E-state index in [0.717, 1.165) is 37.2 Å². The first-order valence-corrected chi connectivity index (χ1v) is 19.0. The molecule has 0 aliphatic carbocycles. The molecule has 3 aromatic carbocycles. The number of hydrogen-bond acceptors (Lipinski definition) is 13. The highest BCUT2D eigenvalue weighted by Crippen LogP contribution is 2.32. The molecular formula is C41H55F3N2O11. The van der Waals surface area contributed by atoms with E-state index in [1.54, 1.807) is 30.3 Å². The lowest BCUT2D eigenvalue weighted by molar-refractivity contribution is -0.137. The fraction of sp³-hybridized carbons (Fsp3) is 0.512. The van der Waals surface area contributed by atoms with Crippen molar-refractivity contribution in [1.29, 1.82) is 0 Å². The molecule has 2 N–H and O–H groups in total. The summed E-state index contributed by atoms with van der Waals surface area (Å²) in [5, 5.41) is 6.16. The highest BCUT2D eigenvalue weighted by atomic mass is 19.4. The first-order valence-electron chi connectivity index (χ1n) is 19.0. The Morgan fingerprint density at radius 2 is 1.02 bits per heavy atom. The Morgan fingerprint density at radius 3 is 1.51 bits per heavy atom. The average Bonchev–Trinajstić information content (AvgIpc) is 3.21. The molecular weight excluding hydrogens is 753 g/mol. The first kappa shape index (κ1) is 47.1. The number of rotatable bonds is 32. The summed E-state index contributed by atoms with van der Waals surface area (Å²) in [5.41, 5.74) is 1.37. The minimum atomic E-state index is -4.48. The van der Waals surface area contributed by atoms with Crippen molar-refractivity contribution in [3.8, 4) is 0 Å². The van der Waals surface area contributed by atoms with Crippen LogP contribution in [0.2, 0.25) is 0 Å². The van der Waals surface area contributed by atoms with Gasteiger partial charge in [-0.3, -0.25) is 0 Å². The van der Waals surface area contributed by atoms with E-state index in [9.17, 15) is 22.8 Å². The van der Waals surface area contributed by atoms with E-state index in [1.165, 1.54) is 18.2 Å². The maximum Gasteiger partial charge on any atom is 0.416 e. The Bertz CT molecular complexity index is 1530. The molecule has 0 aromatic heterocycles. The maximum absolute atomic E-state index is 13.1. The minimum Gasteiger partial charge on any atom is -0.460 e. The van der Waals surface area contributed by atoms with Crippen LogP contribution in [-0.2, 0) is 48.8 Å². The molecule has 0 heterocycles. The zero-order valence-corrected chi connectivity index (χ0v) is 32.5. The van der Waals surface area contributed by atoms with Crippen molar-refractivity contribution < 1.29 is 65.4 Å². The van der Waals surface area contributed by atoms with E-state index in [4.69, 9.17) is 42.6 Å². The summed E-state index contributed by atoms with van der Waals surface area (Å²) in [5.74, 6) is -1.02. The number of para-hydroxylation sites is 1. The second kappa shape index (κ2) is 29.0. The summed E-state index contributed by atoms with van der Waals surface area (Å²) in [6.07, 6.45) is -2.27. The summed E-state index contributed by atoms with van der Waals surface area (Å²) in [7, 11) is 0. The summed E-state index contributed by atoms with van der Waals surface area (Å²) in [6, 6.07) is 18.3. The largest absolute Gasteiger partial charge is 0.460 e. The van der Waals surface area contributed by atoms with Gasteiger partial charge in [-0.05, 0) is 61.0 Å². The Morgan fingerprint density at radius 1 is 0.544 bits per heavy atom. The fourth-order valence-corrected chi connectivity index (χ4v) is 4.80. The molecule has 16 heteroatoms. The number of hydrogen-bond donors (Lipinski definition) is 2. The van der Waals surface area contributed by atoms with Crippen molar-refractivity contribution in [2.45, 2.75) is 25.9 Å². The number of halogens is 3. The molecule has 0 unspecified atom stereocenters. The average molecular weight is 809 g/mol. The lowest BCUT2D eigenvalue weighted by atomic mass is 10.1. The van der Waals surface area contributed by atoms with Gasteiger partial charge in [0.2, 0.25) is 0 Å². The van der Waals surface area contributed by atoms with Crippen LogP contribution in [0.1, 0.15) is 46.0 Å². The van der Waals surface area contributed by atoms with Crippen LogP contribution < -0.4 is 10.6 Å². The van der Waals surface area contributed by atoms with Gasteiger partial charge < -0.3 is 53.3 Å². The molecule has 0 bridgehead atoms. The van der Waals surface area contributed by atoms with Gasteiger partial charge in [-0.15, -0.1) is 0 Å². The van der Waals surface area contributed by atoms with Crippen LogP contribution in [0.3, 0.4) is 0 Å². The minimum absolute atomic E-state index is 0.00849. The number of alkyl halides is 3. The van der Waals surface area contributed by atoms with E-state index in [0.29, 0.717) is 90.5 Å². The van der Waals surface area contributed by atoms with E-state index >= 15 is 0 Å². The lowest BCUT2D eigenvalue weighted by Gasteiger charge is -2.13. The summed E-state index contributed by atoms with van der Waals surface area (Å²) in [6.45, 7) is 8.35. The van der Waals surface area contributed by atoms with Crippen LogP contribution in [0.25, 0.3) is 0 Å². The Kier molecular flexibility index (Phi) is 24.0. The van der Waals surface area contributed by atoms with E-state index < -0.39 is 17.7 Å². The van der Waals surface area contributed by atoms with Crippen molar-refractivity contribution in [3.63, 3.8) is 0 Å². The predicted octanol–water partition coefficient (Wildman–Crippen LogP) is 6.79. The SMILES string of the molecule is CCCCNc1ccc(C(=O)OCCOCCOCCOCCOCCOCCOCCOCCOC(=O)c2ccccc2Nc2cccc(C(F)(F)F)c2)cc1. The summed E-state index contributed by atoms with van der Waals surface area (Å²) >= 11 is 0. The van der Waals surface area contributed by atoms with E-state index in [1.807, 2.05) is 12.1 Å².